The Balaban J connectivity index is 0.00000400. The number of nitrogens with two attached hydrogens (primary N) is 1. The molecule has 0 radical (unpaired) electrons. The molecule has 9 heteroatoms. The minimum absolute atomic E-state index is 0. The predicted octanol–water partition coefficient (Wildman–Crippen LogP) is -0.0815. The minimum Gasteiger partial charge on any atom is -0.383 e. The quantitative estimate of drug-likeness (QED) is 0.631. The minimum atomic E-state index is -3.48. The van der Waals surface area contributed by atoms with Gasteiger partial charge in [0, 0.05) is 40.4 Å². The Morgan fingerprint density at radius 2 is 1.76 bits per heavy atom. The molecule has 128 valence electrons. The van der Waals surface area contributed by atoms with Gasteiger partial charge in [-0.25, -0.2) is 0 Å². The molecule has 1 unspecified atom stereocenters. The lowest BCUT2D eigenvalue weighted by Crippen LogP contribution is -2.46. The molecule has 0 aromatic heterocycles. The third-order valence-electron chi connectivity index (χ3n) is 3.76. The van der Waals surface area contributed by atoms with Gasteiger partial charge >= 0.3 is 0 Å². The summed E-state index contributed by atoms with van der Waals surface area (Å²) in [4.78, 5) is 0. The van der Waals surface area contributed by atoms with Crippen LogP contribution in [-0.2, 0) is 19.7 Å². The normalized spacial score (nSPS) is 23.5. The predicted molar refractivity (Wildman–Crippen MR) is 84.8 cm³/mol. The van der Waals surface area contributed by atoms with Gasteiger partial charge in [-0.2, -0.15) is 17.0 Å². The van der Waals surface area contributed by atoms with Crippen molar-refractivity contribution < 1.29 is 17.9 Å². The van der Waals surface area contributed by atoms with Crippen LogP contribution in [0, 0.1) is 5.41 Å². The lowest BCUT2D eigenvalue weighted by molar-refractivity contribution is 0.147. The van der Waals surface area contributed by atoms with Gasteiger partial charge in [0.15, 0.2) is 0 Å². The van der Waals surface area contributed by atoms with E-state index in [1.165, 1.54) is 8.61 Å². The molecule has 1 rings (SSSR count). The monoisotopic (exact) mass is 345 g/mol. The van der Waals surface area contributed by atoms with Gasteiger partial charge < -0.3 is 15.2 Å². The Kier molecular flexibility index (Phi) is 9.26. The molecule has 1 saturated heterocycles. The van der Waals surface area contributed by atoms with Crippen molar-refractivity contribution in [1.29, 1.82) is 0 Å². The van der Waals surface area contributed by atoms with Gasteiger partial charge in [0.05, 0.1) is 13.2 Å². The molecular formula is C12H28ClN3O4S. The number of nitrogens with zero attached hydrogens (tertiary/aromatic N) is 2. The molecule has 1 aliphatic rings. The fourth-order valence-electron chi connectivity index (χ4n) is 2.23. The summed E-state index contributed by atoms with van der Waals surface area (Å²) in [7, 11) is -0.359. The zero-order valence-electron chi connectivity index (χ0n) is 13.1. The van der Waals surface area contributed by atoms with E-state index in [9.17, 15) is 8.42 Å². The third kappa shape index (κ3) is 5.63. The first-order valence-electron chi connectivity index (χ1n) is 6.83. The summed E-state index contributed by atoms with van der Waals surface area (Å²) in [6.45, 7) is 4.91. The van der Waals surface area contributed by atoms with Crippen LogP contribution in [0.2, 0.25) is 0 Å². The summed E-state index contributed by atoms with van der Waals surface area (Å²) in [6, 6.07) is 0. The Morgan fingerprint density at radius 3 is 2.14 bits per heavy atom. The van der Waals surface area contributed by atoms with Crippen molar-refractivity contribution in [2.45, 2.75) is 13.3 Å². The van der Waals surface area contributed by atoms with E-state index in [-0.39, 0.29) is 17.8 Å². The van der Waals surface area contributed by atoms with Gasteiger partial charge in [-0.3, -0.25) is 0 Å². The van der Waals surface area contributed by atoms with Crippen LogP contribution in [0.1, 0.15) is 13.3 Å². The molecule has 0 aromatic carbocycles. The number of halogens is 1. The Bertz CT molecular complexity index is 388. The second-order valence-corrected chi connectivity index (χ2v) is 7.42. The van der Waals surface area contributed by atoms with Gasteiger partial charge in [0.2, 0.25) is 0 Å². The summed E-state index contributed by atoms with van der Waals surface area (Å²) in [5.41, 5.74) is 5.61. The van der Waals surface area contributed by atoms with Gasteiger partial charge in [-0.1, -0.05) is 6.92 Å². The fraction of sp³-hybridized carbons (Fsp3) is 1.00. The average Bonchev–Trinajstić information content (AvgIpc) is 2.83. The number of hydrogen-bond acceptors (Lipinski definition) is 5. The molecule has 1 aliphatic heterocycles. The SMILES string of the molecule is COCCN(CCOC)S(=O)(=O)N1CCC(C)(CN)C1.Cl. The van der Waals surface area contributed by atoms with E-state index >= 15 is 0 Å². The zero-order chi connectivity index (χ0) is 15.2. The molecule has 1 fully saturated rings. The highest BCUT2D eigenvalue weighted by Gasteiger charge is 2.40. The van der Waals surface area contributed by atoms with Crippen molar-refractivity contribution >= 4 is 22.6 Å². The van der Waals surface area contributed by atoms with E-state index in [0.717, 1.165) is 6.42 Å². The van der Waals surface area contributed by atoms with Crippen LogP contribution in [0.25, 0.3) is 0 Å². The first kappa shape index (κ1) is 21.0. The number of rotatable bonds is 9. The van der Waals surface area contributed by atoms with E-state index in [1.54, 1.807) is 14.2 Å². The molecule has 7 nitrogen and oxygen atoms in total. The molecule has 0 spiro atoms. The van der Waals surface area contributed by atoms with Crippen molar-refractivity contribution in [2.75, 3.05) is 60.2 Å². The number of ether oxygens (including phenoxy) is 2. The molecule has 1 atom stereocenters. The molecule has 0 aromatic rings. The Morgan fingerprint density at radius 1 is 1.24 bits per heavy atom. The largest absolute Gasteiger partial charge is 0.383 e. The van der Waals surface area contributed by atoms with E-state index in [2.05, 4.69) is 0 Å². The summed E-state index contributed by atoms with van der Waals surface area (Å²) in [6.07, 6.45) is 0.797. The molecule has 0 aliphatic carbocycles. The molecule has 1 heterocycles. The first-order valence-corrected chi connectivity index (χ1v) is 8.22. The summed E-state index contributed by atoms with van der Waals surface area (Å²) >= 11 is 0. The Hall–Kier alpha value is 0.0400. The summed E-state index contributed by atoms with van der Waals surface area (Å²) < 4.78 is 38.2. The van der Waals surface area contributed by atoms with Gasteiger partial charge in [-0.05, 0) is 18.4 Å². The zero-order valence-corrected chi connectivity index (χ0v) is 14.7. The van der Waals surface area contributed by atoms with Crippen molar-refractivity contribution in [1.82, 2.24) is 8.61 Å². The highest BCUT2D eigenvalue weighted by atomic mass is 35.5. The van der Waals surface area contributed by atoms with Crippen LogP contribution in [0.5, 0.6) is 0 Å². The number of hydrogen-bond donors (Lipinski definition) is 1. The fourth-order valence-corrected chi connectivity index (χ4v) is 3.97. The highest BCUT2D eigenvalue weighted by Crippen LogP contribution is 2.31. The van der Waals surface area contributed by atoms with Gasteiger partial charge in [0.25, 0.3) is 10.2 Å². The van der Waals surface area contributed by atoms with Crippen molar-refractivity contribution in [3.05, 3.63) is 0 Å². The summed E-state index contributed by atoms with van der Waals surface area (Å²) in [5, 5.41) is 0. The first-order chi connectivity index (χ1) is 9.39. The standard InChI is InChI=1S/C12H27N3O4S.ClH/c1-12(10-13)4-5-15(11-12)20(16,17)14(6-8-18-2)7-9-19-3;/h4-11,13H2,1-3H3;1H. The molecule has 2 N–H and O–H groups in total. The highest BCUT2D eigenvalue weighted by molar-refractivity contribution is 7.86. The summed E-state index contributed by atoms with van der Waals surface area (Å²) in [5.74, 6) is 0. The maximum Gasteiger partial charge on any atom is 0.282 e. The van der Waals surface area contributed by atoms with Gasteiger partial charge in [-0.15, -0.1) is 12.4 Å². The molecular weight excluding hydrogens is 318 g/mol. The molecule has 0 bridgehead atoms. The van der Waals surface area contributed by atoms with Crippen LogP contribution in [0.3, 0.4) is 0 Å². The van der Waals surface area contributed by atoms with E-state index in [1.807, 2.05) is 6.92 Å². The van der Waals surface area contributed by atoms with Crippen molar-refractivity contribution in [3.63, 3.8) is 0 Å². The van der Waals surface area contributed by atoms with Crippen LogP contribution >= 0.6 is 12.4 Å². The van der Waals surface area contributed by atoms with E-state index < -0.39 is 10.2 Å². The Labute approximate surface area is 134 Å². The van der Waals surface area contributed by atoms with Crippen LogP contribution < -0.4 is 5.73 Å². The maximum absolute atomic E-state index is 12.6. The van der Waals surface area contributed by atoms with Gasteiger partial charge in [0.1, 0.15) is 0 Å². The maximum atomic E-state index is 12.6. The molecule has 21 heavy (non-hydrogen) atoms. The molecule has 0 saturated carbocycles. The topological polar surface area (TPSA) is 85.1 Å². The van der Waals surface area contributed by atoms with Crippen molar-refractivity contribution in [3.8, 4) is 0 Å². The number of methoxy groups -OCH3 is 2. The lowest BCUT2D eigenvalue weighted by atomic mass is 9.90. The van der Waals surface area contributed by atoms with Crippen molar-refractivity contribution in [2.24, 2.45) is 11.1 Å². The average molecular weight is 346 g/mol. The second kappa shape index (κ2) is 9.24. The van der Waals surface area contributed by atoms with E-state index in [0.29, 0.717) is 45.9 Å². The van der Waals surface area contributed by atoms with Crippen LogP contribution in [-0.4, -0.2) is 77.2 Å². The third-order valence-corrected chi connectivity index (χ3v) is 5.74. The lowest BCUT2D eigenvalue weighted by Gasteiger charge is -2.28. The van der Waals surface area contributed by atoms with Crippen LogP contribution in [0.4, 0.5) is 0 Å². The second-order valence-electron chi connectivity index (χ2n) is 5.49. The van der Waals surface area contributed by atoms with E-state index in [4.69, 9.17) is 15.2 Å². The molecule has 0 amide bonds. The van der Waals surface area contributed by atoms with Crippen LogP contribution in [0.15, 0.2) is 0 Å². The smallest absolute Gasteiger partial charge is 0.282 e.